The highest BCUT2D eigenvalue weighted by atomic mass is 32.2. The summed E-state index contributed by atoms with van der Waals surface area (Å²) in [6.45, 7) is 5.11. The van der Waals surface area contributed by atoms with E-state index in [1.165, 1.54) is 36.6 Å². The van der Waals surface area contributed by atoms with E-state index in [1.807, 2.05) is 6.07 Å². The molecule has 2 heterocycles. The number of likely N-dealkylation sites (tertiary alicyclic amines) is 1. The van der Waals surface area contributed by atoms with Crippen molar-refractivity contribution in [2.75, 3.05) is 5.75 Å². The van der Waals surface area contributed by atoms with Crippen molar-refractivity contribution in [1.82, 2.24) is 19.7 Å². The van der Waals surface area contributed by atoms with E-state index in [9.17, 15) is 4.79 Å². The van der Waals surface area contributed by atoms with Crippen molar-refractivity contribution in [2.24, 2.45) is 0 Å². The Hall–Kier alpha value is -1.82. The molecule has 144 valence electrons. The fourth-order valence-corrected chi connectivity index (χ4v) is 4.89. The Kier molecular flexibility index (Phi) is 5.53. The number of hydrogen-bond acceptors (Lipinski definition) is 4. The summed E-state index contributed by atoms with van der Waals surface area (Å²) in [5, 5.41) is 9.76. The summed E-state index contributed by atoms with van der Waals surface area (Å²) in [6.07, 6.45) is 5.82. The number of benzene rings is 1. The Morgan fingerprint density at radius 3 is 2.44 bits per heavy atom. The molecule has 2 atom stereocenters. The first-order valence-electron chi connectivity index (χ1n) is 10.0. The van der Waals surface area contributed by atoms with Crippen LogP contribution in [0, 0.1) is 0 Å². The fraction of sp³-hybridized carbons (Fsp3) is 0.571. The van der Waals surface area contributed by atoms with E-state index in [2.05, 4.69) is 57.8 Å². The van der Waals surface area contributed by atoms with Crippen LogP contribution in [-0.4, -0.2) is 43.4 Å². The van der Waals surface area contributed by atoms with Gasteiger partial charge in [-0.25, -0.2) is 0 Å². The molecule has 2 fully saturated rings. The molecule has 1 aliphatic carbocycles. The summed E-state index contributed by atoms with van der Waals surface area (Å²) in [5.74, 6) is 2.27. The number of rotatable bonds is 6. The SMILES string of the molecule is CC1CCCC(C)N1C(=O)CSc1nnc(C2CC2)n1Cc1ccccc1. The van der Waals surface area contributed by atoms with E-state index in [-0.39, 0.29) is 5.91 Å². The molecule has 5 nitrogen and oxygen atoms in total. The first-order valence-corrected chi connectivity index (χ1v) is 11.0. The van der Waals surface area contributed by atoms with Crippen molar-refractivity contribution < 1.29 is 4.79 Å². The molecular weight excluding hydrogens is 356 g/mol. The Bertz CT molecular complexity index is 777. The Balaban J connectivity index is 1.48. The van der Waals surface area contributed by atoms with E-state index in [0.717, 1.165) is 30.4 Å². The third kappa shape index (κ3) is 4.21. The first kappa shape index (κ1) is 18.5. The minimum Gasteiger partial charge on any atom is -0.337 e. The maximum atomic E-state index is 12.9. The van der Waals surface area contributed by atoms with Crippen LogP contribution in [0.2, 0.25) is 0 Å². The molecule has 1 amide bonds. The number of aromatic nitrogens is 3. The second-order valence-corrected chi connectivity index (χ2v) is 8.85. The molecule has 2 aromatic rings. The second-order valence-electron chi connectivity index (χ2n) is 7.91. The molecule has 0 radical (unpaired) electrons. The molecule has 1 saturated heterocycles. The molecule has 1 aromatic heterocycles. The zero-order valence-corrected chi connectivity index (χ0v) is 17.0. The van der Waals surface area contributed by atoms with Gasteiger partial charge in [-0.05, 0) is 51.5 Å². The molecule has 6 heteroatoms. The molecule has 1 aromatic carbocycles. The average molecular weight is 385 g/mol. The number of thioether (sulfide) groups is 1. The zero-order valence-electron chi connectivity index (χ0n) is 16.2. The maximum absolute atomic E-state index is 12.9. The van der Waals surface area contributed by atoms with Gasteiger partial charge < -0.3 is 9.47 Å². The van der Waals surface area contributed by atoms with Crippen molar-refractivity contribution in [1.29, 1.82) is 0 Å². The predicted octanol–water partition coefficient (Wildman–Crippen LogP) is 4.09. The van der Waals surface area contributed by atoms with Gasteiger partial charge in [0.1, 0.15) is 5.82 Å². The third-order valence-electron chi connectivity index (χ3n) is 5.68. The van der Waals surface area contributed by atoms with Crippen molar-refractivity contribution >= 4 is 17.7 Å². The topological polar surface area (TPSA) is 51.0 Å². The van der Waals surface area contributed by atoms with E-state index in [0.29, 0.717) is 23.8 Å². The number of amides is 1. The second kappa shape index (κ2) is 8.05. The largest absolute Gasteiger partial charge is 0.337 e. The lowest BCUT2D eigenvalue weighted by atomic mass is 9.98. The number of hydrogen-bond donors (Lipinski definition) is 0. The predicted molar refractivity (Wildman–Crippen MR) is 108 cm³/mol. The van der Waals surface area contributed by atoms with Crippen LogP contribution >= 0.6 is 11.8 Å². The van der Waals surface area contributed by atoms with Crippen molar-refractivity contribution in [3.63, 3.8) is 0 Å². The summed E-state index contributed by atoms with van der Waals surface area (Å²) in [5.41, 5.74) is 1.24. The van der Waals surface area contributed by atoms with Gasteiger partial charge in [0.2, 0.25) is 5.91 Å². The van der Waals surface area contributed by atoms with Gasteiger partial charge in [0.05, 0.1) is 12.3 Å². The Morgan fingerprint density at radius 2 is 1.78 bits per heavy atom. The van der Waals surface area contributed by atoms with Crippen LogP contribution < -0.4 is 0 Å². The maximum Gasteiger partial charge on any atom is 0.233 e. The van der Waals surface area contributed by atoms with Crippen molar-refractivity contribution in [2.45, 2.75) is 75.7 Å². The van der Waals surface area contributed by atoms with Crippen LogP contribution in [0.1, 0.15) is 63.3 Å². The van der Waals surface area contributed by atoms with E-state index < -0.39 is 0 Å². The lowest BCUT2D eigenvalue weighted by molar-refractivity contribution is -0.134. The summed E-state index contributed by atoms with van der Waals surface area (Å²) in [6, 6.07) is 11.1. The van der Waals surface area contributed by atoms with Gasteiger partial charge in [-0.1, -0.05) is 42.1 Å². The lowest BCUT2D eigenvalue weighted by Crippen LogP contribution is -2.48. The van der Waals surface area contributed by atoms with Gasteiger partial charge in [0.25, 0.3) is 0 Å². The molecule has 0 N–H and O–H groups in total. The van der Waals surface area contributed by atoms with Crippen LogP contribution in [0.4, 0.5) is 0 Å². The quantitative estimate of drug-likeness (QED) is 0.704. The van der Waals surface area contributed by atoms with Crippen LogP contribution in [-0.2, 0) is 11.3 Å². The standard InChI is InChI=1S/C21H28N4OS/c1-15-7-6-8-16(2)25(15)19(26)14-27-21-23-22-20(18-11-12-18)24(21)13-17-9-4-3-5-10-17/h3-5,9-10,15-16,18H,6-8,11-14H2,1-2H3. The van der Waals surface area contributed by atoms with E-state index in [1.54, 1.807) is 0 Å². The average Bonchev–Trinajstić information content (AvgIpc) is 3.43. The highest BCUT2D eigenvalue weighted by Crippen LogP contribution is 2.40. The Morgan fingerprint density at radius 1 is 1.07 bits per heavy atom. The molecule has 2 unspecified atom stereocenters. The summed E-state index contributed by atoms with van der Waals surface area (Å²) < 4.78 is 2.22. The molecule has 4 rings (SSSR count). The molecule has 0 spiro atoms. The van der Waals surface area contributed by atoms with Crippen LogP contribution in [0.3, 0.4) is 0 Å². The van der Waals surface area contributed by atoms with E-state index >= 15 is 0 Å². The van der Waals surface area contributed by atoms with Gasteiger partial charge in [-0.15, -0.1) is 10.2 Å². The number of carbonyl (C=O) groups excluding carboxylic acids is 1. The zero-order chi connectivity index (χ0) is 18.8. The lowest BCUT2D eigenvalue weighted by Gasteiger charge is -2.39. The molecular formula is C21H28N4OS. The minimum absolute atomic E-state index is 0.224. The van der Waals surface area contributed by atoms with E-state index in [4.69, 9.17) is 0 Å². The highest BCUT2D eigenvalue weighted by Gasteiger charge is 2.32. The fourth-order valence-electron chi connectivity index (χ4n) is 4.08. The minimum atomic E-state index is 0.224. The van der Waals surface area contributed by atoms with Gasteiger partial charge in [-0.3, -0.25) is 4.79 Å². The molecule has 1 saturated carbocycles. The number of carbonyl (C=O) groups is 1. The monoisotopic (exact) mass is 384 g/mol. The summed E-state index contributed by atoms with van der Waals surface area (Å²) in [4.78, 5) is 14.9. The van der Waals surface area contributed by atoms with Crippen molar-refractivity contribution in [3.05, 3.63) is 41.7 Å². The number of nitrogens with zero attached hydrogens (tertiary/aromatic N) is 4. The number of piperidine rings is 1. The van der Waals surface area contributed by atoms with Gasteiger partial charge in [0, 0.05) is 18.0 Å². The van der Waals surface area contributed by atoms with Gasteiger partial charge in [0.15, 0.2) is 5.16 Å². The van der Waals surface area contributed by atoms with Gasteiger partial charge in [-0.2, -0.15) is 0 Å². The van der Waals surface area contributed by atoms with Crippen LogP contribution in [0.15, 0.2) is 35.5 Å². The molecule has 2 aliphatic rings. The summed E-state index contributed by atoms with van der Waals surface area (Å²) >= 11 is 1.54. The van der Waals surface area contributed by atoms with Crippen LogP contribution in [0.5, 0.6) is 0 Å². The third-order valence-corrected chi connectivity index (χ3v) is 6.63. The molecule has 27 heavy (non-hydrogen) atoms. The summed E-state index contributed by atoms with van der Waals surface area (Å²) in [7, 11) is 0. The molecule has 1 aliphatic heterocycles. The van der Waals surface area contributed by atoms with Gasteiger partial charge >= 0.3 is 0 Å². The van der Waals surface area contributed by atoms with Crippen LogP contribution in [0.25, 0.3) is 0 Å². The molecule has 0 bridgehead atoms. The van der Waals surface area contributed by atoms with Crippen molar-refractivity contribution in [3.8, 4) is 0 Å². The Labute approximate surface area is 165 Å². The highest BCUT2D eigenvalue weighted by molar-refractivity contribution is 7.99. The first-order chi connectivity index (χ1) is 13.1. The normalized spacial score (nSPS) is 22.8. The smallest absolute Gasteiger partial charge is 0.233 e.